The number of phenols is 1. The second kappa shape index (κ2) is 4.65. The number of ether oxygens (including phenoxy) is 1. The van der Waals surface area contributed by atoms with Crippen molar-refractivity contribution in [2.45, 2.75) is 20.3 Å². The first-order valence-electron chi connectivity index (χ1n) is 4.62. The molecule has 0 amide bonds. The predicted molar refractivity (Wildman–Crippen MR) is 53.9 cm³/mol. The minimum atomic E-state index is -0.163. The summed E-state index contributed by atoms with van der Waals surface area (Å²) in [6.45, 7) is 4.03. The summed E-state index contributed by atoms with van der Waals surface area (Å²) in [6.07, 6.45) is 0.913. The number of hydrogen-bond acceptors (Lipinski definition) is 3. The van der Waals surface area contributed by atoms with E-state index in [9.17, 15) is 9.90 Å². The van der Waals surface area contributed by atoms with Crippen LogP contribution >= 0.6 is 0 Å². The van der Waals surface area contributed by atoms with Crippen molar-refractivity contribution in [1.82, 2.24) is 0 Å². The number of aromatic hydroxyl groups is 1. The van der Waals surface area contributed by atoms with Gasteiger partial charge in [-0.05, 0) is 31.5 Å². The first-order chi connectivity index (χ1) is 6.65. The molecule has 1 aromatic carbocycles. The number of benzene rings is 1. The van der Waals surface area contributed by atoms with Crippen molar-refractivity contribution in [2.24, 2.45) is 0 Å². The highest BCUT2D eigenvalue weighted by Crippen LogP contribution is 2.23. The number of ketones is 1. The van der Waals surface area contributed by atoms with Crippen LogP contribution < -0.4 is 4.74 Å². The monoisotopic (exact) mass is 194 g/mol. The SMILES string of the molecule is CCCOc1ccc(O)c(C(C)=O)c1. The molecule has 1 aromatic rings. The van der Waals surface area contributed by atoms with Crippen LogP contribution in [0.1, 0.15) is 30.6 Å². The zero-order chi connectivity index (χ0) is 10.6. The maximum atomic E-state index is 11.1. The molecule has 0 bridgehead atoms. The maximum absolute atomic E-state index is 11.1. The Morgan fingerprint density at radius 3 is 2.79 bits per heavy atom. The molecule has 0 radical (unpaired) electrons. The fraction of sp³-hybridized carbons (Fsp3) is 0.364. The van der Waals surface area contributed by atoms with E-state index in [4.69, 9.17) is 4.74 Å². The lowest BCUT2D eigenvalue weighted by Gasteiger charge is -2.06. The molecule has 0 spiro atoms. The molecule has 0 aliphatic carbocycles. The molecule has 76 valence electrons. The number of rotatable bonds is 4. The highest BCUT2D eigenvalue weighted by molar-refractivity contribution is 5.97. The number of carbonyl (C=O) groups excluding carboxylic acids is 1. The Kier molecular flexibility index (Phi) is 3.51. The molecule has 0 aromatic heterocycles. The Morgan fingerprint density at radius 2 is 2.21 bits per heavy atom. The van der Waals surface area contributed by atoms with Crippen LogP contribution in [-0.2, 0) is 0 Å². The quantitative estimate of drug-likeness (QED) is 0.748. The maximum Gasteiger partial charge on any atom is 0.163 e. The van der Waals surface area contributed by atoms with Crippen molar-refractivity contribution >= 4 is 5.78 Å². The van der Waals surface area contributed by atoms with Crippen molar-refractivity contribution in [3.63, 3.8) is 0 Å². The normalized spacial score (nSPS) is 9.86. The number of phenolic OH excluding ortho intramolecular Hbond substituents is 1. The molecular weight excluding hydrogens is 180 g/mol. The molecule has 0 saturated heterocycles. The standard InChI is InChI=1S/C11H14O3/c1-3-6-14-9-4-5-11(13)10(7-9)8(2)12/h4-5,7,13H,3,6H2,1-2H3. The molecule has 0 heterocycles. The van der Waals surface area contributed by atoms with Gasteiger partial charge in [0.25, 0.3) is 0 Å². The molecule has 0 aliphatic heterocycles. The van der Waals surface area contributed by atoms with E-state index in [1.807, 2.05) is 6.92 Å². The summed E-state index contributed by atoms with van der Waals surface area (Å²) in [5.74, 6) is 0.459. The van der Waals surface area contributed by atoms with E-state index in [2.05, 4.69) is 0 Å². The van der Waals surface area contributed by atoms with Gasteiger partial charge in [-0.3, -0.25) is 4.79 Å². The summed E-state index contributed by atoms with van der Waals surface area (Å²) < 4.78 is 5.34. The second-order valence-electron chi connectivity index (χ2n) is 3.08. The molecular formula is C11H14O3. The third-order valence-corrected chi connectivity index (χ3v) is 1.82. The Hall–Kier alpha value is -1.51. The summed E-state index contributed by atoms with van der Waals surface area (Å²) in [7, 11) is 0. The molecule has 0 fully saturated rings. The molecule has 0 unspecified atom stereocenters. The third kappa shape index (κ3) is 2.49. The molecule has 3 heteroatoms. The smallest absolute Gasteiger partial charge is 0.163 e. The van der Waals surface area contributed by atoms with Crippen molar-refractivity contribution in [3.05, 3.63) is 23.8 Å². The van der Waals surface area contributed by atoms with E-state index in [-0.39, 0.29) is 11.5 Å². The highest BCUT2D eigenvalue weighted by atomic mass is 16.5. The summed E-state index contributed by atoms with van der Waals surface area (Å²) in [5, 5.41) is 9.35. The van der Waals surface area contributed by atoms with Crippen LogP contribution in [0.3, 0.4) is 0 Å². The van der Waals surface area contributed by atoms with Gasteiger partial charge in [-0.2, -0.15) is 0 Å². The van der Waals surface area contributed by atoms with Gasteiger partial charge in [0.05, 0.1) is 12.2 Å². The largest absolute Gasteiger partial charge is 0.507 e. The van der Waals surface area contributed by atoms with Crippen LogP contribution in [0.15, 0.2) is 18.2 Å². The van der Waals surface area contributed by atoms with Gasteiger partial charge in [-0.1, -0.05) is 6.92 Å². The average molecular weight is 194 g/mol. The minimum absolute atomic E-state index is 0.00125. The van der Waals surface area contributed by atoms with Gasteiger partial charge in [0.2, 0.25) is 0 Å². The Morgan fingerprint density at radius 1 is 1.50 bits per heavy atom. The van der Waals surface area contributed by atoms with Gasteiger partial charge >= 0.3 is 0 Å². The second-order valence-corrected chi connectivity index (χ2v) is 3.08. The molecule has 0 aliphatic rings. The van der Waals surface area contributed by atoms with E-state index >= 15 is 0 Å². The number of carbonyl (C=O) groups is 1. The third-order valence-electron chi connectivity index (χ3n) is 1.82. The summed E-state index contributed by atoms with van der Waals surface area (Å²) in [4.78, 5) is 11.1. The van der Waals surface area contributed by atoms with E-state index in [1.54, 1.807) is 12.1 Å². The molecule has 0 atom stereocenters. The van der Waals surface area contributed by atoms with Crippen molar-refractivity contribution in [3.8, 4) is 11.5 Å². The highest BCUT2D eigenvalue weighted by Gasteiger charge is 2.07. The van der Waals surface area contributed by atoms with E-state index in [0.29, 0.717) is 17.9 Å². The molecule has 3 nitrogen and oxygen atoms in total. The van der Waals surface area contributed by atoms with Gasteiger partial charge in [-0.15, -0.1) is 0 Å². The first kappa shape index (κ1) is 10.6. The van der Waals surface area contributed by atoms with Crippen molar-refractivity contribution in [2.75, 3.05) is 6.61 Å². The lowest BCUT2D eigenvalue weighted by atomic mass is 10.1. The zero-order valence-electron chi connectivity index (χ0n) is 8.41. The van der Waals surface area contributed by atoms with Crippen LogP contribution in [0.2, 0.25) is 0 Å². The van der Waals surface area contributed by atoms with E-state index < -0.39 is 0 Å². The van der Waals surface area contributed by atoms with Crippen LogP contribution in [0, 0.1) is 0 Å². The zero-order valence-corrected chi connectivity index (χ0v) is 8.41. The van der Waals surface area contributed by atoms with Crippen molar-refractivity contribution in [1.29, 1.82) is 0 Å². The average Bonchev–Trinajstić information content (AvgIpc) is 2.16. The predicted octanol–water partition coefficient (Wildman–Crippen LogP) is 2.38. The fourth-order valence-electron chi connectivity index (χ4n) is 1.11. The summed E-state index contributed by atoms with van der Waals surface area (Å²) in [6, 6.07) is 4.69. The van der Waals surface area contributed by atoms with Gasteiger partial charge in [0, 0.05) is 0 Å². The summed E-state index contributed by atoms with van der Waals surface area (Å²) >= 11 is 0. The van der Waals surface area contributed by atoms with Crippen LogP contribution in [0.25, 0.3) is 0 Å². The fourth-order valence-corrected chi connectivity index (χ4v) is 1.11. The number of Topliss-reactive ketones (excluding diaryl/α,β-unsaturated/α-hetero) is 1. The van der Waals surface area contributed by atoms with Gasteiger partial charge in [0.1, 0.15) is 11.5 Å². The van der Waals surface area contributed by atoms with Crippen LogP contribution in [-0.4, -0.2) is 17.5 Å². The van der Waals surface area contributed by atoms with Crippen molar-refractivity contribution < 1.29 is 14.6 Å². The molecule has 0 saturated carbocycles. The van der Waals surface area contributed by atoms with Crippen LogP contribution in [0.5, 0.6) is 11.5 Å². The first-order valence-corrected chi connectivity index (χ1v) is 4.62. The Balaban J connectivity index is 2.89. The van der Waals surface area contributed by atoms with E-state index in [0.717, 1.165) is 6.42 Å². The van der Waals surface area contributed by atoms with E-state index in [1.165, 1.54) is 13.0 Å². The van der Waals surface area contributed by atoms with Crippen LogP contribution in [0.4, 0.5) is 0 Å². The van der Waals surface area contributed by atoms with Gasteiger partial charge < -0.3 is 9.84 Å². The molecule has 1 rings (SSSR count). The Labute approximate surface area is 83.3 Å². The molecule has 14 heavy (non-hydrogen) atoms. The van der Waals surface area contributed by atoms with Gasteiger partial charge in [0.15, 0.2) is 5.78 Å². The lowest BCUT2D eigenvalue weighted by molar-refractivity contribution is 0.101. The Bertz CT molecular complexity index is 331. The lowest BCUT2D eigenvalue weighted by Crippen LogP contribution is -1.98. The summed E-state index contributed by atoms with van der Waals surface area (Å²) in [5.41, 5.74) is 0.304. The van der Waals surface area contributed by atoms with Gasteiger partial charge in [-0.25, -0.2) is 0 Å². The minimum Gasteiger partial charge on any atom is -0.507 e. The topological polar surface area (TPSA) is 46.5 Å². The number of hydrogen-bond donors (Lipinski definition) is 1. The molecule has 1 N–H and O–H groups in total.